The van der Waals surface area contributed by atoms with Crippen LogP contribution in [0.5, 0.6) is 0 Å². The number of hydrogen-bond acceptors (Lipinski definition) is 3. The average Bonchev–Trinajstić information content (AvgIpc) is 3.42. The fourth-order valence-corrected chi connectivity index (χ4v) is 2.98. The van der Waals surface area contributed by atoms with Gasteiger partial charge in [-0.1, -0.05) is 28.1 Å². The maximum atomic E-state index is 13.0. The van der Waals surface area contributed by atoms with E-state index in [4.69, 9.17) is 0 Å². The van der Waals surface area contributed by atoms with Crippen molar-refractivity contribution in [2.75, 3.05) is 18.4 Å². The fraction of sp³-hybridized carbons (Fsp3) is 0.316. The Bertz CT molecular complexity index is 717. The summed E-state index contributed by atoms with van der Waals surface area (Å²) < 4.78 is 14.0. The van der Waals surface area contributed by atoms with Gasteiger partial charge in [-0.3, -0.25) is 9.69 Å². The second-order valence-electron chi connectivity index (χ2n) is 6.28. The van der Waals surface area contributed by atoms with Gasteiger partial charge in [0, 0.05) is 22.7 Å². The third-order valence-corrected chi connectivity index (χ3v) is 4.73. The molecule has 1 aliphatic carbocycles. The summed E-state index contributed by atoms with van der Waals surface area (Å²) in [6.07, 6.45) is 1.31. The molecule has 1 fully saturated rings. The van der Waals surface area contributed by atoms with Crippen molar-refractivity contribution in [1.82, 2.24) is 4.90 Å². The number of anilines is 1. The second kappa shape index (κ2) is 8.08. The van der Waals surface area contributed by atoms with Crippen LogP contribution in [0.2, 0.25) is 0 Å². The lowest BCUT2D eigenvalue weighted by atomic mass is 10.1. The molecule has 0 bridgehead atoms. The Kier molecular flexibility index (Phi) is 5.83. The van der Waals surface area contributed by atoms with Crippen LogP contribution < -0.4 is 5.32 Å². The van der Waals surface area contributed by atoms with Crippen molar-refractivity contribution in [3.8, 4) is 0 Å². The lowest BCUT2D eigenvalue weighted by Crippen LogP contribution is -2.37. The molecule has 0 spiro atoms. The normalized spacial score (nSPS) is 15.2. The Hall–Kier alpha value is -1.76. The smallest absolute Gasteiger partial charge is 0.238 e. The van der Waals surface area contributed by atoms with Crippen molar-refractivity contribution in [2.45, 2.75) is 25.0 Å². The van der Waals surface area contributed by atoms with Crippen LogP contribution >= 0.6 is 15.9 Å². The monoisotopic (exact) mass is 406 g/mol. The minimum absolute atomic E-state index is 0.111. The van der Waals surface area contributed by atoms with E-state index in [0.717, 1.165) is 23.0 Å². The van der Waals surface area contributed by atoms with Crippen molar-refractivity contribution in [3.63, 3.8) is 0 Å². The molecule has 0 aliphatic heterocycles. The number of halogens is 2. The number of benzene rings is 2. The maximum Gasteiger partial charge on any atom is 0.238 e. The molecule has 0 radical (unpaired) electrons. The van der Waals surface area contributed by atoms with Crippen molar-refractivity contribution in [1.29, 1.82) is 0 Å². The number of rotatable bonds is 7. The molecule has 0 heterocycles. The summed E-state index contributed by atoms with van der Waals surface area (Å²) in [5, 5.41) is 13.3. The van der Waals surface area contributed by atoms with Crippen LogP contribution in [0.15, 0.2) is 53.0 Å². The van der Waals surface area contributed by atoms with Crippen molar-refractivity contribution in [2.24, 2.45) is 0 Å². The number of hydrogen-bond donors (Lipinski definition) is 2. The van der Waals surface area contributed by atoms with Crippen LogP contribution in [-0.4, -0.2) is 35.0 Å². The van der Waals surface area contributed by atoms with E-state index >= 15 is 0 Å². The molecule has 2 aromatic carbocycles. The van der Waals surface area contributed by atoms with E-state index in [9.17, 15) is 14.3 Å². The minimum atomic E-state index is -0.748. The number of aliphatic hydroxyl groups excluding tert-OH is 1. The highest BCUT2D eigenvalue weighted by molar-refractivity contribution is 9.10. The van der Waals surface area contributed by atoms with E-state index < -0.39 is 6.10 Å². The first-order chi connectivity index (χ1) is 12.0. The van der Waals surface area contributed by atoms with Crippen molar-refractivity contribution >= 4 is 27.5 Å². The summed E-state index contributed by atoms with van der Waals surface area (Å²) in [7, 11) is 0. The third kappa shape index (κ3) is 5.36. The van der Waals surface area contributed by atoms with Crippen LogP contribution in [0, 0.1) is 5.82 Å². The SMILES string of the molecule is O=C(CN(CC(O)c1ccc(F)cc1)C1CC1)Nc1ccc(Br)cc1. The number of amides is 1. The molecule has 132 valence electrons. The third-order valence-electron chi connectivity index (χ3n) is 4.20. The first-order valence-electron chi connectivity index (χ1n) is 8.24. The van der Waals surface area contributed by atoms with E-state index in [1.807, 2.05) is 29.2 Å². The van der Waals surface area contributed by atoms with Gasteiger partial charge in [-0.25, -0.2) is 4.39 Å². The molecule has 1 aliphatic rings. The molecule has 0 aromatic heterocycles. The fourth-order valence-electron chi connectivity index (χ4n) is 2.71. The predicted molar refractivity (Wildman–Crippen MR) is 98.7 cm³/mol. The van der Waals surface area contributed by atoms with Gasteiger partial charge >= 0.3 is 0 Å². The van der Waals surface area contributed by atoms with Gasteiger partial charge in [-0.2, -0.15) is 0 Å². The number of aliphatic hydroxyl groups is 1. The minimum Gasteiger partial charge on any atom is -0.387 e. The molecule has 1 atom stereocenters. The second-order valence-corrected chi connectivity index (χ2v) is 7.20. The van der Waals surface area contributed by atoms with Crippen LogP contribution in [0.25, 0.3) is 0 Å². The predicted octanol–water partition coefficient (Wildman–Crippen LogP) is 3.72. The van der Waals surface area contributed by atoms with Crippen LogP contribution in [0.4, 0.5) is 10.1 Å². The zero-order valence-electron chi connectivity index (χ0n) is 13.7. The number of carbonyl (C=O) groups is 1. The molecule has 1 unspecified atom stereocenters. The summed E-state index contributed by atoms with van der Waals surface area (Å²) in [4.78, 5) is 14.3. The topological polar surface area (TPSA) is 52.6 Å². The van der Waals surface area contributed by atoms with Gasteiger partial charge in [-0.15, -0.1) is 0 Å². The van der Waals surface area contributed by atoms with Gasteiger partial charge in [-0.05, 0) is 54.8 Å². The van der Waals surface area contributed by atoms with Crippen molar-refractivity contribution < 1.29 is 14.3 Å². The Labute approximate surface area is 154 Å². The molecule has 0 saturated heterocycles. The number of nitrogens with one attached hydrogen (secondary N) is 1. The number of carbonyl (C=O) groups excluding carboxylic acids is 1. The quantitative estimate of drug-likeness (QED) is 0.736. The molecular weight excluding hydrogens is 387 g/mol. The molecule has 3 rings (SSSR count). The highest BCUT2D eigenvalue weighted by atomic mass is 79.9. The largest absolute Gasteiger partial charge is 0.387 e. The highest BCUT2D eigenvalue weighted by Crippen LogP contribution is 2.29. The van der Waals surface area contributed by atoms with Crippen LogP contribution in [-0.2, 0) is 4.79 Å². The standard InChI is InChI=1S/C19H20BrFN2O2/c20-14-3-7-16(8-4-14)22-19(25)12-23(17-9-10-17)11-18(24)13-1-5-15(21)6-2-13/h1-8,17-18,24H,9-12H2,(H,22,25). The van der Waals surface area contributed by atoms with Gasteiger partial charge in [0.05, 0.1) is 12.6 Å². The van der Waals surface area contributed by atoms with Gasteiger partial charge < -0.3 is 10.4 Å². The van der Waals surface area contributed by atoms with E-state index in [2.05, 4.69) is 21.2 Å². The highest BCUT2D eigenvalue weighted by Gasteiger charge is 2.31. The Morgan fingerprint density at radius 1 is 1.20 bits per heavy atom. The van der Waals surface area contributed by atoms with Gasteiger partial charge in [0.15, 0.2) is 0 Å². The molecular formula is C19H20BrFN2O2. The van der Waals surface area contributed by atoms with E-state index in [0.29, 0.717) is 18.2 Å². The summed E-state index contributed by atoms with van der Waals surface area (Å²) in [6, 6.07) is 13.5. The molecule has 2 aromatic rings. The molecule has 1 saturated carbocycles. The maximum absolute atomic E-state index is 13.0. The zero-order valence-corrected chi connectivity index (χ0v) is 15.2. The first kappa shape index (κ1) is 18.0. The van der Waals surface area contributed by atoms with E-state index in [1.54, 1.807) is 12.1 Å². The Balaban J connectivity index is 1.58. The first-order valence-corrected chi connectivity index (χ1v) is 9.03. The van der Waals surface area contributed by atoms with E-state index in [1.165, 1.54) is 12.1 Å². The van der Waals surface area contributed by atoms with Crippen LogP contribution in [0.1, 0.15) is 24.5 Å². The summed E-state index contributed by atoms with van der Waals surface area (Å²) in [6.45, 7) is 0.572. The lowest BCUT2D eigenvalue weighted by Gasteiger charge is -2.24. The summed E-state index contributed by atoms with van der Waals surface area (Å²) in [5.74, 6) is -0.440. The summed E-state index contributed by atoms with van der Waals surface area (Å²) >= 11 is 3.36. The molecule has 2 N–H and O–H groups in total. The Morgan fingerprint density at radius 3 is 2.44 bits per heavy atom. The Morgan fingerprint density at radius 2 is 1.84 bits per heavy atom. The van der Waals surface area contributed by atoms with Gasteiger partial charge in [0.1, 0.15) is 5.82 Å². The number of nitrogens with zero attached hydrogens (tertiary/aromatic N) is 1. The molecule has 1 amide bonds. The molecule has 25 heavy (non-hydrogen) atoms. The zero-order chi connectivity index (χ0) is 17.8. The summed E-state index contributed by atoms with van der Waals surface area (Å²) in [5.41, 5.74) is 1.39. The lowest BCUT2D eigenvalue weighted by molar-refractivity contribution is -0.117. The van der Waals surface area contributed by atoms with Crippen LogP contribution in [0.3, 0.4) is 0 Å². The van der Waals surface area contributed by atoms with E-state index in [-0.39, 0.29) is 18.3 Å². The van der Waals surface area contributed by atoms with Gasteiger partial charge in [0.2, 0.25) is 5.91 Å². The van der Waals surface area contributed by atoms with Crippen molar-refractivity contribution in [3.05, 3.63) is 64.4 Å². The molecule has 4 nitrogen and oxygen atoms in total. The molecule has 6 heteroatoms. The average molecular weight is 407 g/mol. The van der Waals surface area contributed by atoms with Gasteiger partial charge in [0.25, 0.3) is 0 Å².